The molecule has 4 nitrogen and oxygen atoms in total. The molecule has 0 bridgehead atoms. The normalized spacial score (nSPS) is 10.2. The SMILES string of the molecule is Cc1ccccc1C(=O)NNC(=O)CSCc1cccc(Cl)c1. The predicted molar refractivity (Wildman–Crippen MR) is 94.4 cm³/mol. The zero-order chi connectivity index (χ0) is 16.7. The Morgan fingerprint density at radius 3 is 2.61 bits per heavy atom. The molecule has 0 aromatic heterocycles. The van der Waals surface area contributed by atoms with E-state index in [0.717, 1.165) is 11.1 Å². The minimum Gasteiger partial charge on any atom is -0.272 e. The van der Waals surface area contributed by atoms with Crippen molar-refractivity contribution in [3.8, 4) is 0 Å². The number of carbonyl (C=O) groups is 2. The van der Waals surface area contributed by atoms with Gasteiger partial charge in [-0.2, -0.15) is 0 Å². The Hall–Kier alpha value is -1.98. The Kier molecular flexibility index (Phi) is 6.50. The van der Waals surface area contributed by atoms with Gasteiger partial charge in [0.05, 0.1) is 5.75 Å². The standard InChI is InChI=1S/C17H17ClN2O2S/c1-12-5-2-3-8-15(12)17(22)20-19-16(21)11-23-10-13-6-4-7-14(18)9-13/h2-9H,10-11H2,1H3,(H,19,21)(H,20,22). The molecule has 2 aromatic rings. The predicted octanol–water partition coefficient (Wildman–Crippen LogP) is 3.34. The lowest BCUT2D eigenvalue weighted by Gasteiger charge is -2.09. The number of hydrogen-bond acceptors (Lipinski definition) is 3. The number of carbonyl (C=O) groups excluding carboxylic acids is 2. The van der Waals surface area contributed by atoms with Crippen LogP contribution < -0.4 is 10.9 Å². The molecule has 0 saturated heterocycles. The first-order valence-corrected chi connectivity index (χ1v) is 8.56. The van der Waals surface area contributed by atoms with Gasteiger partial charge in [-0.3, -0.25) is 20.4 Å². The van der Waals surface area contributed by atoms with Crippen LogP contribution in [0, 0.1) is 6.92 Å². The summed E-state index contributed by atoms with van der Waals surface area (Å²) in [6.45, 7) is 1.84. The van der Waals surface area contributed by atoms with Crippen LogP contribution in [0.15, 0.2) is 48.5 Å². The van der Waals surface area contributed by atoms with Crippen molar-refractivity contribution in [2.75, 3.05) is 5.75 Å². The molecule has 0 aliphatic heterocycles. The molecule has 2 aromatic carbocycles. The highest BCUT2D eigenvalue weighted by atomic mass is 35.5. The molecule has 120 valence electrons. The molecule has 0 radical (unpaired) electrons. The molecule has 6 heteroatoms. The first kappa shape index (κ1) is 17.4. The first-order chi connectivity index (χ1) is 11.1. The van der Waals surface area contributed by atoms with Gasteiger partial charge in [0, 0.05) is 16.3 Å². The van der Waals surface area contributed by atoms with Gasteiger partial charge in [-0.05, 0) is 36.2 Å². The van der Waals surface area contributed by atoms with E-state index in [2.05, 4.69) is 10.9 Å². The Labute approximate surface area is 144 Å². The summed E-state index contributed by atoms with van der Waals surface area (Å²) in [4.78, 5) is 23.7. The summed E-state index contributed by atoms with van der Waals surface area (Å²) in [6.07, 6.45) is 0. The maximum absolute atomic E-state index is 12.0. The summed E-state index contributed by atoms with van der Waals surface area (Å²) in [5.41, 5.74) is 7.30. The summed E-state index contributed by atoms with van der Waals surface area (Å²) in [5.74, 6) is 0.357. The lowest BCUT2D eigenvalue weighted by Crippen LogP contribution is -2.42. The maximum atomic E-state index is 12.0. The van der Waals surface area contributed by atoms with Gasteiger partial charge in [0.15, 0.2) is 0 Å². The minimum absolute atomic E-state index is 0.251. The molecule has 0 aliphatic rings. The van der Waals surface area contributed by atoms with Crippen molar-refractivity contribution < 1.29 is 9.59 Å². The van der Waals surface area contributed by atoms with Gasteiger partial charge in [-0.25, -0.2) is 0 Å². The quantitative estimate of drug-likeness (QED) is 0.815. The Bertz CT molecular complexity index is 706. The van der Waals surface area contributed by atoms with Crippen LogP contribution in [0.1, 0.15) is 21.5 Å². The monoisotopic (exact) mass is 348 g/mol. The van der Waals surface area contributed by atoms with E-state index < -0.39 is 0 Å². The summed E-state index contributed by atoms with van der Waals surface area (Å²) < 4.78 is 0. The number of rotatable bonds is 5. The third-order valence-corrected chi connectivity index (χ3v) is 4.33. The molecule has 0 fully saturated rings. The fraction of sp³-hybridized carbons (Fsp3) is 0.176. The van der Waals surface area contributed by atoms with Gasteiger partial charge < -0.3 is 0 Å². The van der Waals surface area contributed by atoms with Crippen LogP contribution >= 0.6 is 23.4 Å². The van der Waals surface area contributed by atoms with Gasteiger partial charge in [-0.15, -0.1) is 11.8 Å². The lowest BCUT2D eigenvalue weighted by atomic mass is 10.1. The number of nitrogens with one attached hydrogen (secondary N) is 2. The molecule has 2 rings (SSSR count). The second-order valence-electron chi connectivity index (χ2n) is 4.94. The Morgan fingerprint density at radius 1 is 1.09 bits per heavy atom. The van der Waals surface area contributed by atoms with E-state index in [1.807, 2.05) is 43.3 Å². The molecule has 0 unspecified atom stereocenters. The van der Waals surface area contributed by atoms with Crippen molar-refractivity contribution in [3.05, 3.63) is 70.2 Å². The average molecular weight is 349 g/mol. The van der Waals surface area contributed by atoms with Crippen LogP contribution in [0.4, 0.5) is 0 Å². The van der Waals surface area contributed by atoms with E-state index in [9.17, 15) is 9.59 Å². The summed E-state index contributed by atoms with van der Waals surface area (Å²) >= 11 is 7.36. The van der Waals surface area contributed by atoms with Crippen molar-refractivity contribution in [1.29, 1.82) is 0 Å². The average Bonchev–Trinajstić information content (AvgIpc) is 2.53. The van der Waals surface area contributed by atoms with Gasteiger partial charge >= 0.3 is 0 Å². The lowest BCUT2D eigenvalue weighted by molar-refractivity contribution is -0.119. The highest BCUT2D eigenvalue weighted by Gasteiger charge is 2.09. The zero-order valence-corrected chi connectivity index (χ0v) is 14.2. The number of amides is 2. The topological polar surface area (TPSA) is 58.2 Å². The van der Waals surface area contributed by atoms with Crippen molar-refractivity contribution >= 4 is 35.2 Å². The van der Waals surface area contributed by atoms with E-state index in [0.29, 0.717) is 16.3 Å². The number of thioether (sulfide) groups is 1. The van der Waals surface area contributed by atoms with Gasteiger partial charge in [0.25, 0.3) is 5.91 Å². The smallest absolute Gasteiger partial charge is 0.269 e. The fourth-order valence-corrected chi connectivity index (χ4v) is 2.93. The molecule has 23 heavy (non-hydrogen) atoms. The maximum Gasteiger partial charge on any atom is 0.269 e. The number of aryl methyl sites for hydroxylation is 1. The van der Waals surface area contributed by atoms with Crippen LogP contribution in [0.5, 0.6) is 0 Å². The van der Waals surface area contributed by atoms with E-state index >= 15 is 0 Å². The second-order valence-corrected chi connectivity index (χ2v) is 6.36. The highest BCUT2D eigenvalue weighted by Crippen LogP contribution is 2.16. The molecular weight excluding hydrogens is 332 g/mol. The Balaban J connectivity index is 1.73. The van der Waals surface area contributed by atoms with E-state index in [1.54, 1.807) is 12.1 Å². The number of hydrogen-bond donors (Lipinski definition) is 2. The molecule has 0 heterocycles. The van der Waals surface area contributed by atoms with Gasteiger partial charge in [-0.1, -0.05) is 41.9 Å². The summed E-state index contributed by atoms with van der Waals surface area (Å²) in [6, 6.07) is 14.7. The first-order valence-electron chi connectivity index (χ1n) is 7.03. The number of benzene rings is 2. The van der Waals surface area contributed by atoms with Crippen molar-refractivity contribution in [2.24, 2.45) is 0 Å². The van der Waals surface area contributed by atoms with Crippen molar-refractivity contribution in [2.45, 2.75) is 12.7 Å². The second kappa shape index (κ2) is 8.60. The number of hydrazine groups is 1. The highest BCUT2D eigenvalue weighted by molar-refractivity contribution is 7.99. The molecule has 2 N–H and O–H groups in total. The zero-order valence-electron chi connectivity index (χ0n) is 12.6. The molecule has 0 spiro atoms. The molecule has 0 atom stereocenters. The molecule has 0 aliphatic carbocycles. The van der Waals surface area contributed by atoms with Crippen LogP contribution in [0.25, 0.3) is 0 Å². The van der Waals surface area contributed by atoms with Crippen LogP contribution in [0.3, 0.4) is 0 Å². The van der Waals surface area contributed by atoms with Gasteiger partial charge in [0.1, 0.15) is 0 Å². The van der Waals surface area contributed by atoms with E-state index in [-0.39, 0.29) is 17.6 Å². The van der Waals surface area contributed by atoms with Crippen LogP contribution in [0.2, 0.25) is 5.02 Å². The summed E-state index contributed by atoms with van der Waals surface area (Å²) in [5, 5.41) is 0.679. The van der Waals surface area contributed by atoms with E-state index in [4.69, 9.17) is 11.6 Å². The molecule has 2 amide bonds. The molecule has 0 saturated carbocycles. The van der Waals surface area contributed by atoms with Crippen LogP contribution in [-0.4, -0.2) is 17.6 Å². The largest absolute Gasteiger partial charge is 0.272 e. The van der Waals surface area contributed by atoms with Crippen molar-refractivity contribution in [3.63, 3.8) is 0 Å². The number of halogens is 1. The third-order valence-electron chi connectivity index (χ3n) is 3.10. The van der Waals surface area contributed by atoms with Gasteiger partial charge in [0.2, 0.25) is 5.91 Å². The minimum atomic E-state index is -0.323. The third kappa shape index (κ3) is 5.62. The molecular formula is C17H17ClN2O2S. The fourth-order valence-electron chi connectivity index (χ4n) is 1.95. The summed E-state index contributed by atoms with van der Waals surface area (Å²) in [7, 11) is 0. The van der Waals surface area contributed by atoms with E-state index in [1.165, 1.54) is 11.8 Å². The van der Waals surface area contributed by atoms with Crippen molar-refractivity contribution in [1.82, 2.24) is 10.9 Å². The van der Waals surface area contributed by atoms with Crippen LogP contribution in [-0.2, 0) is 10.5 Å². The Morgan fingerprint density at radius 2 is 1.87 bits per heavy atom.